The highest BCUT2D eigenvalue weighted by atomic mass is 16.5. The third-order valence-corrected chi connectivity index (χ3v) is 4.88. The summed E-state index contributed by atoms with van der Waals surface area (Å²) in [6.07, 6.45) is 2.68. The van der Waals surface area contributed by atoms with Gasteiger partial charge in [-0.3, -0.25) is 4.79 Å². The molecular weight excluding hydrogens is 306 g/mol. The molecule has 2 aliphatic heterocycles. The molecule has 126 valence electrons. The predicted molar refractivity (Wildman–Crippen MR) is 86.9 cm³/mol. The quantitative estimate of drug-likeness (QED) is 0.866. The topological polar surface area (TPSA) is 68.5 Å². The first-order chi connectivity index (χ1) is 11.8. The predicted octanol–water partition coefficient (Wildman–Crippen LogP) is 2.51. The van der Waals surface area contributed by atoms with E-state index < -0.39 is 0 Å². The van der Waals surface area contributed by atoms with Crippen LogP contribution in [0.5, 0.6) is 5.75 Å². The Bertz CT molecular complexity index is 743. The maximum atomic E-state index is 13.0. The molecule has 1 saturated heterocycles. The van der Waals surface area contributed by atoms with Crippen molar-refractivity contribution in [3.63, 3.8) is 0 Å². The zero-order valence-electron chi connectivity index (χ0n) is 13.8. The molecule has 24 heavy (non-hydrogen) atoms. The molecule has 2 unspecified atom stereocenters. The summed E-state index contributed by atoms with van der Waals surface area (Å²) in [5, 5.41) is 4.09. The van der Waals surface area contributed by atoms with E-state index in [-0.39, 0.29) is 17.7 Å². The molecule has 3 heterocycles. The number of hydrogen-bond donors (Lipinski definition) is 0. The standard InChI is InChI=1S/C18H21N3O3/c1-2-16-19-17(20-24-16)12-6-5-9-21(10-12)18(22)14-11-23-15-8-4-3-7-13(14)15/h3-4,7-8,12,14H,2,5-6,9-11H2,1H3. The van der Waals surface area contributed by atoms with Crippen LogP contribution in [-0.4, -0.2) is 40.6 Å². The van der Waals surface area contributed by atoms with Gasteiger partial charge in [0.1, 0.15) is 18.3 Å². The van der Waals surface area contributed by atoms with Gasteiger partial charge in [0, 0.05) is 31.0 Å². The van der Waals surface area contributed by atoms with Gasteiger partial charge < -0.3 is 14.2 Å². The second-order valence-electron chi connectivity index (χ2n) is 6.42. The van der Waals surface area contributed by atoms with Crippen LogP contribution in [0.15, 0.2) is 28.8 Å². The van der Waals surface area contributed by atoms with Crippen molar-refractivity contribution in [3.05, 3.63) is 41.5 Å². The number of rotatable bonds is 3. The lowest BCUT2D eigenvalue weighted by Gasteiger charge is -2.32. The number of piperidine rings is 1. The largest absolute Gasteiger partial charge is 0.492 e. The summed E-state index contributed by atoms with van der Waals surface area (Å²) in [6, 6.07) is 7.80. The number of aryl methyl sites for hydroxylation is 1. The number of fused-ring (bicyclic) bond motifs is 1. The van der Waals surface area contributed by atoms with Crippen LogP contribution in [0.4, 0.5) is 0 Å². The molecule has 1 fully saturated rings. The molecule has 0 N–H and O–H groups in total. The van der Waals surface area contributed by atoms with E-state index in [2.05, 4.69) is 10.1 Å². The second-order valence-corrected chi connectivity index (χ2v) is 6.42. The van der Waals surface area contributed by atoms with Crippen molar-refractivity contribution in [2.75, 3.05) is 19.7 Å². The molecule has 1 aromatic carbocycles. The number of nitrogens with zero attached hydrogens (tertiary/aromatic N) is 3. The first-order valence-electron chi connectivity index (χ1n) is 8.59. The number of hydrogen-bond acceptors (Lipinski definition) is 5. The highest BCUT2D eigenvalue weighted by Crippen LogP contribution is 2.36. The minimum absolute atomic E-state index is 0.142. The first-order valence-corrected chi connectivity index (χ1v) is 8.59. The van der Waals surface area contributed by atoms with Gasteiger partial charge in [0.25, 0.3) is 0 Å². The number of para-hydroxylation sites is 1. The van der Waals surface area contributed by atoms with E-state index in [1.54, 1.807) is 0 Å². The number of ether oxygens (including phenoxy) is 1. The Balaban J connectivity index is 1.49. The Kier molecular flexibility index (Phi) is 3.96. The van der Waals surface area contributed by atoms with Crippen molar-refractivity contribution >= 4 is 5.91 Å². The second kappa shape index (κ2) is 6.26. The maximum Gasteiger partial charge on any atom is 0.233 e. The number of aromatic nitrogens is 2. The molecule has 4 rings (SSSR count). The molecule has 2 aliphatic rings. The van der Waals surface area contributed by atoms with Crippen LogP contribution in [-0.2, 0) is 11.2 Å². The molecule has 0 spiro atoms. The zero-order valence-corrected chi connectivity index (χ0v) is 13.8. The zero-order chi connectivity index (χ0) is 16.5. The van der Waals surface area contributed by atoms with Gasteiger partial charge in [-0.05, 0) is 18.9 Å². The fraction of sp³-hybridized carbons (Fsp3) is 0.500. The van der Waals surface area contributed by atoms with Crippen LogP contribution in [0.1, 0.15) is 48.9 Å². The third kappa shape index (κ3) is 2.66. The third-order valence-electron chi connectivity index (χ3n) is 4.88. The number of carbonyl (C=O) groups is 1. The summed E-state index contributed by atoms with van der Waals surface area (Å²) in [6.45, 7) is 3.86. The van der Waals surface area contributed by atoms with E-state index in [1.807, 2.05) is 36.1 Å². The fourth-order valence-electron chi connectivity index (χ4n) is 3.55. The molecule has 0 saturated carbocycles. The fourth-order valence-corrected chi connectivity index (χ4v) is 3.55. The lowest BCUT2D eigenvalue weighted by molar-refractivity contribution is -0.134. The first kappa shape index (κ1) is 15.2. The van der Waals surface area contributed by atoms with Crippen molar-refractivity contribution in [1.82, 2.24) is 15.0 Å². The van der Waals surface area contributed by atoms with Gasteiger partial charge >= 0.3 is 0 Å². The maximum absolute atomic E-state index is 13.0. The number of amides is 1. The summed E-state index contributed by atoms with van der Waals surface area (Å²) < 4.78 is 10.9. The van der Waals surface area contributed by atoms with Crippen molar-refractivity contribution in [3.8, 4) is 5.75 Å². The number of benzene rings is 1. The smallest absolute Gasteiger partial charge is 0.233 e. The summed E-state index contributed by atoms with van der Waals surface area (Å²) in [5.74, 6) is 2.32. The molecule has 6 nitrogen and oxygen atoms in total. The van der Waals surface area contributed by atoms with Gasteiger partial charge in [-0.2, -0.15) is 4.98 Å². The summed E-state index contributed by atoms with van der Waals surface area (Å²) >= 11 is 0. The van der Waals surface area contributed by atoms with E-state index >= 15 is 0 Å². The van der Waals surface area contributed by atoms with Crippen LogP contribution in [0, 0.1) is 0 Å². The van der Waals surface area contributed by atoms with Gasteiger partial charge in [-0.25, -0.2) is 0 Å². The molecule has 1 amide bonds. The summed E-state index contributed by atoms with van der Waals surface area (Å²) in [4.78, 5) is 19.4. The monoisotopic (exact) mass is 327 g/mol. The average Bonchev–Trinajstić information content (AvgIpc) is 3.28. The summed E-state index contributed by atoms with van der Waals surface area (Å²) in [7, 11) is 0. The van der Waals surface area contributed by atoms with Crippen LogP contribution in [0.2, 0.25) is 0 Å². The highest BCUT2D eigenvalue weighted by Gasteiger charge is 2.36. The van der Waals surface area contributed by atoms with Crippen molar-refractivity contribution < 1.29 is 14.1 Å². The van der Waals surface area contributed by atoms with Gasteiger partial charge in [0.15, 0.2) is 5.82 Å². The molecule has 0 bridgehead atoms. The molecule has 0 aliphatic carbocycles. The van der Waals surface area contributed by atoms with Gasteiger partial charge in [0.2, 0.25) is 11.8 Å². The Morgan fingerprint density at radius 1 is 1.38 bits per heavy atom. The Labute approximate surface area is 140 Å². The van der Waals surface area contributed by atoms with E-state index in [9.17, 15) is 4.79 Å². The lowest BCUT2D eigenvalue weighted by Crippen LogP contribution is -2.42. The van der Waals surface area contributed by atoms with Gasteiger partial charge in [-0.1, -0.05) is 30.3 Å². The molecule has 2 atom stereocenters. The SMILES string of the molecule is CCc1nc(C2CCCN(C(=O)C3COc4ccccc43)C2)no1. The number of carbonyl (C=O) groups excluding carboxylic acids is 1. The minimum Gasteiger partial charge on any atom is -0.492 e. The number of likely N-dealkylation sites (tertiary alicyclic amines) is 1. The summed E-state index contributed by atoms with van der Waals surface area (Å²) in [5.41, 5.74) is 0.998. The minimum atomic E-state index is -0.198. The highest BCUT2D eigenvalue weighted by molar-refractivity contribution is 5.85. The van der Waals surface area contributed by atoms with E-state index in [1.165, 1.54) is 0 Å². The van der Waals surface area contributed by atoms with E-state index in [0.29, 0.717) is 19.0 Å². The Morgan fingerprint density at radius 3 is 3.08 bits per heavy atom. The van der Waals surface area contributed by atoms with Gasteiger partial charge in [0.05, 0.1) is 0 Å². The molecule has 1 aromatic heterocycles. The Hall–Kier alpha value is -2.37. The van der Waals surface area contributed by atoms with Gasteiger partial charge in [-0.15, -0.1) is 0 Å². The van der Waals surface area contributed by atoms with Crippen molar-refractivity contribution in [1.29, 1.82) is 0 Å². The lowest BCUT2D eigenvalue weighted by atomic mass is 9.94. The molecule has 2 aromatic rings. The molecular formula is C18H21N3O3. The van der Waals surface area contributed by atoms with Crippen molar-refractivity contribution in [2.45, 2.75) is 38.0 Å². The van der Waals surface area contributed by atoms with Crippen LogP contribution in [0.3, 0.4) is 0 Å². The van der Waals surface area contributed by atoms with Crippen molar-refractivity contribution in [2.24, 2.45) is 0 Å². The van der Waals surface area contributed by atoms with Crippen LogP contribution >= 0.6 is 0 Å². The van der Waals surface area contributed by atoms with Crippen LogP contribution < -0.4 is 4.74 Å². The average molecular weight is 327 g/mol. The molecule has 6 heteroatoms. The van der Waals surface area contributed by atoms with E-state index in [0.717, 1.165) is 42.9 Å². The van der Waals surface area contributed by atoms with E-state index in [4.69, 9.17) is 9.26 Å². The normalized spacial score (nSPS) is 23.0. The Morgan fingerprint density at radius 2 is 2.25 bits per heavy atom. The van der Waals surface area contributed by atoms with Crippen LogP contribution in [0.25, 0.3) is 0 Å². The molecule has 0 radical (unpaired) electrons.